The Hall–Kier alpha value is -1.46. The van der Waals surface area contributed by atoms with Crippen LogP contribution in [0.5, 0.6) is 0 Å². The lowest BCUT2D eigenvalue weighted by Gasteiger charge is -2.09. The van der Waals surface area contributed by atoms with Crippen molar-refractivity contribution in [3.8, 4) is 0 Å². The van der Waals surface area contributed by atoms with Crippen LogP contribution in [0.15, 0.2) is 34.6 Å². The predicted octanol–water partition coefficient (Wildman–Crippen LogP) is 2.69. The summed E-state index contributed by atoms with van der Waals surface area (Å²) in [6, 6.07) is 5.61. The number of pyridine rings is 1. The fourth-order valence-corrected chi connectivity index (χ4v) is 2.65. The summed E-state index contributed by atoms with van der Waals surface area (Å²) in [4.78, 5) is 13.0. The van der Waals surface area contributed by atoms with Gasteiger partial charge in [0.15, 0.2) is 5.16 Å². The van der Waals surface area contributed by atoms with Crippen LogP contribution in [0.3, 0.4) is 0 Å². The first-order chi connectivity index (χ1) is 8.56. The Balaban J connectivity index is 2.34. The molecule has 2 aromatic rings. The molecule has 1 unspecified atom stereocenters. The van der Waals surface area contributed by atoms with E-state index in [1.807, 2.05) is 32.0 Å². The highest BCUT2D eigenvalue weighted by Gasteiger charge is 2.11. The molecule has 0 aliphatic carbocycles. The van der Waals surface area contributed by atoms with Gasteiger partial charge < -0.3 is 5.11 Å². The van der Waals surface area contributed by atoms with Gasteiger partial charge >= 0.3 is 0 Å². The molecule has 18 heavy (non-hydrogen) atoms. The quantitative estimate of drug-likeness (QED) is 0.861. The monoisotopic (exact) mass is 261 g/mol. The van der Waals surface area contributed by atoms with E-state index < -0.39 is 6.10 Å². The van der Waals surface area contributed by atoms with Gasteiger partial charge in [-0.3, -0.25) is 0 Å². The minimum absolute atomic E-state index is 0.549. The van der Waals surface area contributed by atoms with Gasteiger partial charge in [-0.2, -0.15) is 0 Å². The van der Waals surface area contributed by atoms with E-state index in [2.05, 4.69) is 15.0 Å². The molecule has 2 rings (SSSR count). The molecule has 0 radical (unpaired) electrons. The molecule has 0 aromatic carbocycles. The summed E-state index contributed by atoms with van der Waals surface area (Å²) >= 11 is 1.38. The molecular formula is C13H15N3OS. The second-order valence-electron chi connectivity index (χ2n) is 4.11. The maximum atomic E-state index is 9.70. The Morgan fingerprint density at radius 3 is 2.50 bits per heavy atom. The molecule has 0 saturated carbocycles. The normalized spacial score (nSPS) is 12.4. The molecule has 0 saturated heterocycles. The highest BCUT2D eigenvalue weighted by molar-refractivity contribution is 7.99. The molecule has 0 aliphatic rings. The molecule has 1 N–H and O–H groups in total. The molecule has 2 heterocycles. The Labute approximate surface area is 111 Å². The summed E-state index contributed by atoms with van der Waals surface area (Å²) in [6.07, 6.45) is 1.16. The van der Waals surface area contributed by atoms with Crippen LogP contribution in [-0.2, 0) is 0 Å². The first-order valence-electron chi connectivity index (χ1n) is 5.69. The van der Waals surface area contributed by atoms with Crippen molar-refractivity contribution in [2.75, 3.05) is 0 Å². The average Bonchev–Trinajstić information content (AvgIpc) is 2.27. The van der Waals surface area contributed by atoms with E-state index in [1.54, 1.807) is 13.1 Å². The smallest absolute Gasteiger partial charge is 0.194 e. The zero-order valence-electron chi connectivity index (χ0n) is 10.6. The molecule has 0 amide bonds. The van der Waals surface area contributed by atoms with Gasteiger partial charge in [0, 0.05) is 23.1 Å². The van der Waals surface area contributed by atoms with Gasteiger partial charge in [-0.15, -0.1) is 0 Å². The van der Waals surface area contributed by atoms with Gasteiger partial charge in [-0.1, -0.05) is 6.07 Å². The van der Waals surface area contributed by atoms with Crippen molar-refractivity contribution >= 4 is 11.8 Å². The molecule has 0 aliphatic heterocycles. The van der Waals surface area contributed by atoms with Crippen LogP contribution < -0.4 is 0 Å². The highest BCUT2D eigenvalue weighted by atomic mass is 32.2. The number of hydrogen-bond acceptors (Lipinski definition) is 5. The maximum Gasteiger partial charge on any atom is 0.194 e. The van der Waals surface area contributed by atoms with Gasteiger partial charge in [0.1, 0.15) is 5.03 Å². The van der Waals surface area contributed by atoms with E-state index in [0.29, 0.717) is 5.16 Å². The van der Waals surface area contributed by atoms with E-state index in [-0.39, 0.29) is 0 Å². The minimum Gasteiger partial charge on any atom is -0.389 e. The number of rotatable bonds is 3. The van der Waals surface area contributed by atoms with Gasteiger partial charge in [0.25, 0.3) is 0 Å². The number of nitrogens with zero attached hydrogens (tertiary/aromatic N) is 3. The lowest BCUT2D eigenvalue weighted by molar-refractivity contribution is 0.195. The van der Waals surface area contributed by atoms with Crippen molar-refractivity contribution in [2.24, 2.45) is 0 Å². The zero-order valence-corrected chi connectivity index (χ0v) is 11.4. The highest BCUT2D eigenvalue weighted by Crippen LogP contribution is 2.29. The third kappa shape index (κ3) is 3.05. The van der Waals surface area contributed by atoms with Crippen molar-refractivity contribution in [3.63, 3.8) is 0 Å². The van der Waals surface area contributed by atoms with E-state index in [4.69, 9.17) is 0 Å². The molecular weight excluding hydrogens is 246 g/mol. The Bertz CT molecular complexity index is 537. The summed E-state index contributed by atoms with van der Waals surface area (Å²) in [5.41, 5.74) is 2.66. The van der Waals surface area contributed by atoms with Gasteiger partial charge in [0.05, 0.1) is 6.10 Å². The molecule has 4 nitrogen and oxygen atoms in total. The Kier molecular flexibility index (Phi) is 3.93. The van der Waals surface area contributed by atoms with Crippen LogP contribution in [0.2, 0.25) is 0 Å². The average molecular weight is 261 g/mol. The molecule has 0 fully saturated rings. The number of aliphatic hydroxyl groups is 1. The number of aliphatic hydroxyl groups excluding tert-OH is 1. The fraction of sp³-hybridized carbons (Fsp3) is 0.308. The first kappa shape index (κ1) is 13.0. The van der Waals surface area contributed by atoms with Crippen LogP contribution in [0.25, 0.3) is 0 Å². The third-order valence-corrected chi connectivity index (χ3v) is 3.30. The van der Waals surface area contributed by atoms with E-state index >= 15 is 0 Å². The predicted molar refractivity (Wildman–Crippen MR) is 70.5 cm³/mol. The van der Waals surface area contributed by atoms with Crippen molar-refractivity contribution in [2.45, 2.75) is 37.1 Å². The fourth-order valence-electron chi connectivity index (χ4n) is 1.63. The SMILES string of the molecule is Cc1cc(C)nc(Sc2ncccc2C(C)O)n1. The van der Waals surface area contributed by atoms with Crippen LogP contribution in [0.1, 0.15) is 30.0 Å². The standard InChI is InChI=1S/C13H15N3OS/c1-8-7-9(2)16-13(15-8)18-12-11(10(3)17)5-4-6-14-12/h4-7,10,17H,1-3H3. The topological polar surface area (TPSA) is 58.9 Å². The lowest BCUT2D eigenvalue weighted by Crippen LogP contribution is -1.98. The summed E-state index contributed by atoms with van der Waals surface area (Å²) < 4.78 is 0. The van der Waals surface area contributed by atoms with Crippen LogP contribution in [0.4, 0.5) is 0 Å². The number of aryl methyl sites for hydroxylation is 2. The largest absolute Gasteiger partial charge is 0.389 e. The minimum atomic E-state index is -0.549. The van der Waals surface area contributed by atoms with Crippen molar-refractivity contribution < 1.29 is 5.11 Å². The maximum absolute atomic E-state index is 9.70. The first-order valence-corrected chi connectivity index (χ1v) is 6.51. The summed E-state index contributed by atoms with van der Waals surface area (Å²) in [6.45, 7) is 5.60. The van der Waals surface area contributed by atoms with Gasteiger partial charge in [-0.05, 0) is 44.7 Å². The Morgan fingerprint density at radius 2 is 1.89 bits per heavy atom. The van der Waals surface area contributed by atoms with Crippen molar-refractivity contribution in [3.05, 3.63) is 41.3 Å². The summed E-state index contributed by atoms with van der Waals surface area (Å²) in [5.74, 6) is 0. The van der Waals surface area contributed by atoms with Crippen LogP contribution in [0, 0.1) is 13.8 Å². The molecule has 0 spiro atoms. The zero-order chi connectivity index (χ0) is 13.1. The molecule has 0 bridgehead atoms. The summed E-state index contributed by atoms with van der Waals surface area (Å²) in [7, 11) is 0. The second kappa shape index (κ2) is 5.46. The molecule has 1 atom stereocenters. The van der Waals surface area contributed by atoms with Crippen molar-refractivity contribution in [1.29, 1.82) is 0 Å². The molecule has 2 aromatic heterocycles. The summed E-state index contributed by atoms with van der Waals surface area (Å²) in [5, 5.41) is 11.1. The van der Waals surface area contributed by atoms with Crippen LogP contribution in [-0.4, -0.2) is 20.1 Å². The van der Waals surface area contributed by atoms with Crippen molar-refractivity contribution in [1.82, 2.24) is 15.0 Å². The molecule has 5 heteroatoms. The third-order valence-electron chi connectivity index (χ3n) is 2.40. The van der Waals surface area contributed by atoms with E-state index in [9.17, 15) is 5.11 Å². The number of hydrogen-bond donors (Lipinski definition) is 1. The number of aromatic nitrogens is 3. The van der Waals surface area contributed by atoms with Crippen LogP contribution >= 0.6 is 11.8 Å². The van der Waals surface area contributed by atoms with Gasteiger partial charge in [-0.25, -0.2) is 15.0 Å². The van der Waals surface area contributed by atoms with Gasteiger partial charge in [0.2, 0.25) is 0 Å². The van der Waals surface area contributed by atoms with E-state index in [0.717, 1.165) is 22.0 Å². The lowest BCUT2D eigenvalue weighted by atomic mass is 10.2. The van der Waals surface area contributed by atoms with E-state index in [1.165, 1.54) is 11.8 Å². The second-order valence-corrected chi connectivity index (χ2v) is 5.07. The molecule has 94 valence electrons. The Morgan fingerprint density at radius 1 is 1.22 bits per heavy atom.